The van der Waals surface area contributed by atoms with Crippen molar-refractivity contribution in [2.75, 3.05) is 43.4 Å². The lowest BCUT2D eigenvalue weighted by atomic mass is 9.94. The number of amides is 1. The lowest BCUT2D eigenvalue weighted by molar-refractivity contribution is -0.111. The second-order valence-electron chi connectivity index (χ2n) is 10.5. The van der Waals surface area contributed by atoms with Crippen LogP contribution in [0.2, 0.25) is 0 Å². The zero-order valence-electron chi connectivity index (χ0n) is 23.5. The Morgan fingerprint density at radius 1 is 1.10 bits per heavy atom. The van der Waals surface area contributed by atoms with Gasteiger partial charge in [0.25, 0.3) is 0 Å². The third-order valence-corrected chi connectivity index (χ3v) is 7.30. The summed E-state index contributed by atoms with van der Waals surface area (Å²) in [4.78, 5) is 37.7. The quantitative estimate of drug-likeness (QED) is 0.234. The van der Waals surface area contributed by atoms with E-state index in [4.69, 9.17) is 4.74 Å². The van der Waals surface area contributed by atoms with Gasteiger partial charge in [-0.05, 0) is 74.9 Å². The summed E-state index contributed by atoms with van der Waals surface area (Å²) < 4.78 is 5.44. The zero-order valence-corrected chi connectivity index (χ0v) is 23.5. The fourth-order valence-corrected chi connectivity index (χ4v) is 5.09. The van der Waals surface area contributed by atoms with Crippen LogP contribution >= 0.6 is 0 Å². The molecule has 1 aliphatic rings. The molecule has 2 aromatic carbocycles. The van der Waals surface area contributed by atoms with E-state index in [0.717, 1.165) is 59.5 Å². The zero-order chi connectivity index (χ0) is 28.4. The Morgan fingerprint density at radius 3 is 2.50 bits per heavy atom. The molecule has 2 aromatic heterocycles. The molecular weight excluding hydrogens is 502 g/mol. The molecular formula is C32H35N5O3. The van der Waals surface area contributed by atoms with Crippen LogP contribution in [0, 0.1) is 6.92 Å². The summed E-state index contributed by atoms with van der Waals surface area (Å²) in [7, 11) is 2.15. The minimum absolute atomic E-state index is 0.240. The summed E-state index contributed by atoms with van der Waals surface area (Å²) in [6, 6.07) is 16.2. The second kappa shape index (κ2) is 11.4. The standard InChI is InChI=1S/C32H35N5O3/c1-6-28(38)34-27-9-7-8-25(21(27)4)29-26-18-23(32(39)40-20(2)3)19-33-31(26)35-30(29)22-10-12-24(13-11-22)37-16-14-36(5)15-17-37/h6-13,18-20H,1,14-17H2,2-5H3,(H,33,35)(H,34,38). The second-order valence-corrected chi connectivity index (χ2v) is 10.5. The van der Waals surface area contributed by atoms with Gasteiger partial charge in [0, 0.05) is 54.7 Å². The van der Waals surface area contributed by atoms with Crippen molar-refractivity contribution in [1.82, 2.24) is 14.9 Å². The number of carbonyl (C=O) groups is 2. The van der Waals surface area contributed by atoms with Crippen LogP contribution in [0.1, 0.15) is 29.8 Å². The molecule has 0 atom stereocenters. The number of nitrogens with one attached hydrogen (secondary N) is 2. The van der Waals surface area contributed by atoms with Crippen LogP contribution in [0.5, 0.6) is 0 Å². The molecule has 1 fully saturated rings. The van der Waals surface area contributed by atoms with Crippen LogP contribution in [0.25, 0.3) is 33.4 Å². The number of H-pyrrole nitrogens is 1. The number of pyridine rings is 1. The predicted octanol–water partition coefficient (Wildman–Crippen LogP) is 5.65. The van der Waals surface area contributed by atoms with Gasteiger partial charge < -0.3 is 24.8 Å². The van der Waals surface area contributed by atoms with E-state index in [1.54, 1.807) is 6.20 Å². The predicted molar refractivity (Wildman–Crippen MR) is 161 cm³/mol. The Kier molecular flexibility index (Phi) is 7.71. The van der Waals surface area contributed by atoms with Crippen molar-refractivity contribution in [1.29, 1.82) is 0 Å². The van der Waals surface area contributed by atoms with Gasteiger partial charge in [0.2, 0.25) is 5.91 Å². The smallest absolute Gasteiger partial charge is 0.339 e. The molecule has 8 nitrogen and oxygen atoms in total. The summed E-state index contributed by atoms with van der Waals surface area (Å²) in [6.45, 7) is 13.3. The van der Waals surface area contributed by atoms with E-state index in [0.29, 0.717) is 16.9 Å². The lowest BCUT2D eigenvalue weighted by Crippen LogP contribution is -2.44. The van der Waals surface area contributed by atoms with E-state index in [1.807, 2.05) is 45.0 Å². The van der Waals surface area contributed by atoms with Crippen molar-refractivity contribution >= 4 is 34.3 Å². The maximum atomic E-state index is 12.8. The van der Waals surface area contributed by atoms with Gasteiger partial charge in [-0.15, -0.1) is 0 Å². The number of likely N-dealkylation sites (N-methyl/N-ethyl adjacent to an activating group) is 1. The molecule has 0 spiro atoms. The summed E-state index contributed by atoms with van der Waals surface area (Å²) in [5.74, 6) is -0.697. The van der Waals surface area contributed by atoms with Gasteiger partial charge >= 0.3 is 5.97 Å². The first-order valence-corrected chi connectivity index (χ1v) is 13.5. The summed E-state index contributed by atoms with van der Waals surface area (Å²) >= 11 is 0. The molecule has 1 saturated heterocycles. The summed E-state index contributed by atoms with van der Waals surface area (Å²) in [5, 5.41) is 3.70. The van der Waals surface area contributed by atoms with Gasteiger partial charge in [0.05, 0.1) is 17.4 Å². The number of benzene rings is 2. The van der Waals surface area contributed by atoms with E-state index < -0.39 is 5.97 Å². The molecule has 0 unspecified atom stereocenters. The van der Waals surface area contributed by atoms with Crippen molar-refractivity contribution in [2.45, 2.75) is 26.9 Å². The topological polar surface area (TPSA) is 90.6 Å². The molecule has 0 aliphatic carbocycles. The molecule has 0 radical (unpaired) electrons. The summed E-state index contributed by atoms with van der Waals surface area (Å²) in [6.07, 6.45) is 2.55. The molecule has 1 aliphatic heterocycles. The molecule has 2 N–H and O–H groups in total. The Bertz CT molecular complexity index is 1560. The van der Waals surface area contributed by atoms with Crippen molar-refractivity contribution < 1.29 is 14.3 Å². The number of hydrogen-bond acceptors (Lipinski definition) is 6. The van der Waals surface area contributed by atoms with E-state index >= 15 is 0 Å². The van der Waals surface area contributed by atoms with Crippen LogP contribution < -0.4 is 10.2 Å². The highest BCUT2D eigenvalue weighted by molar-refractivity contribution is 6.07. The maximum absolute atomic E-state index is 12.8. The molecule has 8 heteroatoms. The highest BCUT2D eigenvalue weighted by atomic mass is 16.5. The number of aromatic nitrogens is 2. The number of hydrogen-bond donors (Lipinski definition) is 2. The van der Waals surface area contributed by atoms with Gasteiger partial charge in [-0.25, -0.2) is 9.78 Å². The number of fused-ring (bicyclic) bond motifs is 1. The molecule has 4 aromatic rings. The van der Waals surface area contributed by atoms with Gasteiger partial charge in [0.15, 0.2) is 0 Å². The largest absolute Gasteiger partial charge is 0.459 e. The van der Waals surface area contributed by atoms with E-state index in [2.05, 4.69) is 63.0 Å². The normalized spacial score (nSPS) is 14.0. The number of rotatable bonds is 7. The molecule has 3 heterocycles. The first-order chi connectivity index (χ1) is 19.2. The van der Waals surface area contributed by atoms with Crippen LogP contribution in [0.3, 0.4) is 0 Å². The van der Waals surface area contributed by atoms with Crippen LogP contribution in [0.4, 0.5) is 11.4 Å². The highest BCUT2D eigenvalue weighted by Gasteiger charge is 2.22. The lowest BCUT2D eigenvalue weighted by Gasteiger charge is -2.34. The Morgan fingerprint density at radius 2 is 1.82 bits per heavy atom. The SMILES string of the molecule is C=CC(=O)Nc1cccc(-c2c(-c3ccc(N4CCN(C)CC4)cc3)[nH]c3ncc(C(=O)OC(C)C)cc23)c1C. The number of carbonyl (C=O) groups excluding carboxylic acids is 2. The van der Waals surface area contributed by atoms with Crippen molar-refractivity contribution in [3.63, 3.8) is 0 Å². The van der Waals surface area contributed by atoms with Crippen LogP contribution in [-0.2, 0) is 9.53 Å². The van der Waals surface area contributed by atoms with Gasteiger partial charge in [0.1, 0.15) is 5.65 Å². The summed E-state index contributed by atoms with van der Waals surface area (Å²) in [5.41, 5.74) is 7.52. The molecule has 40 heavy (non-hydrogen) atoms. The van der Waals surface area contributed by atoms with E-state index in [9.17, 15) is 9.59 Å². The number of nitrogens with zero attached hydrogens (tertiary/aromatic N) is 3. The third-order valence-electron chi connectivity index (χ3n) is 7.30. The van der Waals surface area contributed by atoms with Gasteiger partial charge in [-0.2, -0.15) is 0 Å². The van der Waals surface area contributed by atoms with E-state index in [-0.39, 0.29) is 12.0 Å². The minimum atomic E-state index is -0.418. The van der Waals surface area contributed by atoms with Crippen molar-refractivity contribution in [3.05, 3.63) is 78.5 Å². The van der Waals surface area contributed by atoms with Crippen molar-refractivity contribution in [3.8, 4) is 22.4 Å². The maximum Gasteiger partial charge on any atom is 0.339 e. The monoisotopic (exact) mass is 537 g/mol. The number of piperazine rings is 1. The third kappa shape index (κ3) is 5.49. The Balaban J connectivity index is 1.64. The Hall–Kier alpha value is -4.43. The molecule has 5 rings (SSSR count). The van der Waals surface area contributed by atoms with Crippen LogP contribution in [0.15, 0.2) is 67.4 Å². The number of anilines is 2. The minimum Gasteiger partial charge on any atom is -0.459 e. The average molecular weight is 538 g/mol. The number of esters is 1. The Labute approximate surface area is 234 Å². The molecule has 206 valence electrons. The average Bonchev–Trinajstić information content (AvgIpc) is 3.33. The van der Waals surface area contributed by atoms with Gasteiger partial charge in [-0.1, -0.05) is 30.8 Å². The number of ether oxygens (including phenoxy) is 1. The highest BCUT2D eigenvalue weighted by Crippen LogP contribution is 2.41. The fourth-order valence-electron chi connectivity index (χ4n) is 5.09. The molecule has 1 amide bonds. The fraction of sp³-hybridized carbons (Fsp3) is 0.281. The van der Waals surface area contributed by atoms with Crippen molar-refractivity contribution in [2.24, 2.45) is 0 Å². The molecule has 0 saturated carbocycles. The number of aromatic amines is 1. The van der Waals surface area contributed by atoms with E-state index in [1.165, 1.54) is 11.8 Å². The first-order valence-electron chi connectivity index (χ1n) is 13.5. The first kappa shape index (κ1) is 27.1. The molecule has 0 bridgehead atoms. The van der Waals surface area contributed by atoms with Crippen LogP contribution in [-0.4, -0.2) is 66.1 Å². The van der Waals surface area contributed by atoms with Gasteiger partial charge in [-0.3, -0.25) is 4.79 Å².